The van der Waals surface area contributed by atoms with Crippen LogP contribution >= 0.6 is 22.9 Å². The van der Waals surface area contributed by atoms with Crippen molar-refractivity contribution >= 4 is 51.5 Å². The van der Waals surface area contributed by atoms with Crippen molar-refractivity contribution in [2.75, 3.05) is 19.0 Å². The Hall–Kier alpha value is -3.16. The van der Waals surface area contributed by atoms with Crippen LogP contribution in [0.2, 0.25) is 5.02 Å². The van der Waals surface area contributed by atoms with Crippen LogP contribution in [0.25, 0.3) is 5.70 Å². The van der Waals surface area contributed by atoms with E-state index in [-0.39, 0.29) is 22.0 Å². The zero-order valence-corrected chi connectivity index (χ0v) is 20.1. The molecule has 33 heavy (non-hydrogen) atoms. The number of likely N-dealkylation sites (N-methyl/N-ethyl adjacent to an activating group) is 2. The average molecular weight is 495 g/mol. The zero-order chi connectivity index (χ0) is 24.9. The van der Waals surface area contributed by atoms with E-state index < -0.39 is 17.8 Å². The molecule has 11 heteroatoms. The van der Waals surface area contributed by atoms with Gasteiger partial charge in [0.2, 0.25) is 0 Å². The van der Waals surface area contributed by atoms with Crippen molar-refractivity contribution in [3.63, 3.8) is 0 Å². The fourth-order valence-electron chi connectivity index (χ4n) is 2.98. The molecule has 6 nitrogen and oxygen atoms in total. The number of aliphatic imine (C=N–C) groups is 2. The molecule has 1 heterocycles. The summed E-state index contributed by atoms with van der Waals surface area (Å²) < 4.78 is 40.3. The van der Waals surface area contributed by atoms with Crippen LogP contribution in [-0.4, -0.2) is 42.1 Å². The number of rotatable bonds is 7. The Morgan fingerprint density at radius 1 is 1.36 bits per heavy atom. The van der Waals surface area contributed by atoms with Crippen molar-refractivity contribution < 1.29 is 13.2 Å². The second-order valence-electron chi connectivity index (χ2n) is 6.82. The Balaban J connectivity index is 2.50. The molecule has 174 valence electrons. The van der Waals surface area contributed by atoms with Gasteiger partial charge in [-0.05, 0) is 26.0 Å². The number of benzene rings is 1. The van der Waals surface area contributed by atoms with Gasteiger partial charge in [-0.1, -0.05) is 36.1 Å². The van der Waals surface area contributed by atoms with Gasteiger partial charge in [-0.3, -0.25) is 4.99 Å². The first-order chi connectivity index (χ1) is 15.5. The maximum absolute atomic E-state index is 13.4. The average Bonchev–Trinajstić information content (AvgIpc) is 3.25. The van der Waals surface area contributed by atoms with Crippen molar-refractivity contribution in [2.24, 2.45) is 9.98 Å². The minimum atomic E-state index is -4.59. The normalized spacial score (nSPS) is 13.0. The minimum Gasteiger partial charge on any atom is -0.365 e. The number of hydrogen-bond donors (Lipinski definition) is 0. The van der Waals surface area contributed by atoms with Crippen LogP contribution in [0.4, 0.5) is 24.0 Å². The number of amidine groups is 1. The lowest BCUT2D eigenvalue weighted by Crippen LogP contribution is -2.43. The van der Waals surface area contributed by atoms with Gasteiger partial charge < -0.3 is 9.80 Å². The zero-order valence-electron chi connectivity index (χ0n) is 18.5. The Labute approximate surface area is 199 Å². The van der Waals surface area contributed by atoms with Crippen LogP contribution in [-0.2, 0) is 6.18 Å². The van der Waals surface area contributed by atoms with Gasteiger partial charge in [-0.25, -0.2) is 9.98 Å². The molecule has 0 N–H and O–H groups in total. The largest absolute Gasteiger partial charge is 0.416 e. The molecular formula is C22H22ClF3N6S. The molecule has 0 aliphatic heterocycles. The summed E-state index contributed by atoms with van der Waals surface area (Å²) >= 11 is 7.34. The van der Waals surface area contributed by atoms with E-state index in [0.717, 1.165) is 12.1 Å². The summed E-state index contributed by atoms with van der Waals surface area (Å²) in [6, 6.07) is 3.39. The summed E-state index contributed by atoms with van der Waals surface area (Å²) in [6.45, 7) is 11.1. The predicted molar refractivity (Wildman–Crippen MR) is 129 cm³/mol. The first-order valence-corrected chi connectivity index (χ1v) is 10.7. The number of anilines is 1. The molecule has 0 aliphatic rings. The molecule has 0 saturated heterocycles. The summed E-state index contributed by atoms with van der Waals surface area (Å²) in [5.41, 5.74) is -0.309. The number of halogens is 4. The highest BCUT2D eigenvalue weighted by Gasteiger charge is 2.33. The first kappa shape index (κ1) is 26.1. The van der Waals surface area contributed by atoms with Gasteiger partial charge in [0.25, 0.3) is 0 Å². The Kier molecular flexibility index (Phi) is 8.41. The third kappa shape index (κ3) is 5.80. The van der Waals surface area contributed by atoms with E-state index in [2.05, 4.69) is 28.1 Å². The van der Waals surface area contributed by atoms with Crippen molar-refractivity contribution in [1.29, 1.82) is 5.26 Å². The summed E-state index contributed by atoms with van der Waals surface area (Å²) in [6.07, 6.45) is -0.334. The quantitative estimate of drug-likeness (QED) is 0.331. The third-order valence-corrected chi connectivity index (χ3v) is 6.06. The highest BCUT2D eigenvalue weighted by atomic mass is 35.5. The molecule has 0 radical (unpaired) electrons. The summed E-state index contributed by atoms with van der Waals surface area (Å²) in [5.74, 6) is 0.492. The molecule has 2 aromatic rings. The lowest BCUT2D eigenvalue weighted by Gasteiger charge is -2.33. The number of nitrogens with zero attached hydrogens (tertiary/aromatic N) is 6. The third-order valence-electron chi connectivity index (χ3n) is 4.80. The highest BCUT2D eigenvalue weighted by molar-refractivity contribution is 7.16. The van der Waals surface area contributed by atoms with Gasteiger partial charge >= 0.3 is 6.18 Å². The smallest absolute Gasteiger partial charge is 0.365 e. The molecule has 1 atom stereocenters. The molecule has 0 amide bonds. The van der Waals surface area contributed by atoms with E-state index in [9.17, 15) is 13.2 Å². The van der Waals surface area contributed by atoms with Crippen LogP contribution in [0.15, 0.2) is 47.7 Å². The molecule has 0 aliphatic carbocycles. The molecular weight excluding hydrogens is 473 g/mol. The van der Waals surface area contributed by atoms with Crippen molar-refractivity contribution in [1.82, 2.24) is 9.88 Å². The highest BCUT2D eigenvalue weighted by Crippen LogP contribution is 2.40. The maximum atomic E-state index is 13.4. The Morgan fingerprint density at radius 3 is 2.55 bits per heavy atom. The minimum absolute atomic E-state index is 0.135. The number of alkyl halides is 3. The molecule has 0 bridgehead atoms. The standard InChI is InChI=1S/C22H22ClF3N6S/c1-7-28-19-17(9-15(10-18(19)23)22(24,25)26)13(3)31(5)14(4)20(29-8-2)32(6)21-30-12-16(11-27)33-21/h7-10,12,14H,2-3H2,1,4-6H3. The van der Waals surface area contributed by atoms with E-state index in [1.807, 2.05) is 6.07 Å². The second kappa shape index (κ2) is 10.6. The number of nitriles is 1. The summed E-state index contributed by atoms with van der Waals surface area (Å²) in [4.78, 5) is 16.5. The molecule has 1 unspecified atom stereocenters. The summed E-state index contributed by atoms with van der Waals surface area (Å²) in [7, 11) is 3.40. The maximum Gasteiger partial charge on any atom is 0.416 e. The fourth-order valence-corrected chi connectivity index (χ4v) is 3.93. The van der Waals surface area contributed by atoms with Gasteiger partial charge in [0.1, 0.15) is 16.8 Å². The summed E-state index contributed by atoms with van der Waals surface area (Å²) in [5, 5.41) is 9.47. The molecule has 2 rings (SSSR count). The van der Waals surface area contributed by atoms with Crippen LogP contribution in [0, 0.1) is 11.3 Å². The van der Waals surface area contributed by atoms with Crippen molar-refractivity contribution in [3.05, 3.63) is 58.7 Å². The van der Waals surface area contributed by atoms with E-state index >= 15 is 0 Å². The monoisotopic (exact) mass is 494 g/mol. The number of hydrogen-bond acceptors (Lipinski definition) is 6. The molecule has 0 saturated carbocycles. The van der Waals surface area contributed by atoms with Crippen molar-refractivity contribution in [3.8, 4) is 6.07 Å². The van der Waals surface area contributed by atoms with Gasteiger partial charge in [0, 0.05) is 37.8 Å². The van der Waals surface area contributed by atoms with Gasteiger partial charge in [-0.15, -0.1) is 0 Å². The number of aromatic nitrogens is 1. The van der Waals surface area contributed by atoms with Crippen LogP contribution in [0.1, 0.15) is 29.9 Å². The Bertz CT molecular complexity index is 1150. The van der Waals surface area contributed by atoms with Crippen LogP contribution in [0.3, 0.4) is 0 Å². The van der Waals surface area contributed by atoms with Gasteiger partial charge in [0.15, 0.2) is 5.13 Å². The topological polar surface area (TPSA) is 67.9 Å². The molecule has 1 aromatic carbocycles. The predicted octanol–water partition coefficient (Wildman–Crippen LogP) is 6.38. The van der Waals surface area contributed by atoms with Crippen molar-refractivity contribution in [2.45, 2.75) is 26.1 Å². The van der Waals surface area contributed by atoms with Crippen LogP contribution in [0.5, 0.6) is 0 Å². The van der Waals surface area contributed by atoms with E-state index in [4.69, 9.17) is 16.9 Å². The first-order valence-electron chi connectivity index (χ1n) is 9.56. The van der Waals surface area contributed by atoms with Gasteiger partial charge in [-0.2, -0.15) is 18.4 Å². The van der Waals surface area contributed by atoms with E-state index in [1.54, 1.807) is 37.7 Å². The SMILES string of the molecule is C=CN=C(C(C)N(C)C(=C)c1cc(C(F)(F)F)cc(Cl)c1N=CC)N(C)c1ncc(C#N)s1. The molecule has 1 aromatic heterocycles. The lowest BCUT2D eigenvalue weighted by molar-refractivity contribution is -0.137. The molecule has 0 fully saturated rings. The number of thiazole rings is 1. The van der Waals surface area contributed by atoms with E-state index in [1.165, 1.54) is 29.9 Å². The van der Waals surface area contributed by atoms with E-state index in [0.29, 0.717) is 15.8 Å². The van der Waals surface area contributed by atoms with Crippen LogP contribution < -0.4 is 4.90 Å². The molecule has 0 spiro atoms. The fraction of sp³-hybridized carbons (Fsp3) is 0.273. The Morgan fingerprint density at radius 2 is 2.03 bits per heavy atom. The second-order valence-corrected chi connectivity index (χ2v) is 8.24. The lowest BCUT2D eigenvalue weighted by atomic mass is 10.0. The van der Waals surface area contributed by atoms with Gasteiger partial charge in [0.05, 0.1) is 28.5 Å².